The number of nitrogens with two attached hydrogens (primary N) is 1. The summed E-state index contributed by atoms with van der Waals surface area (Å²) in [6.07, 6.45) is 1.80. The Morgan fingerprint density at radius 1 is 1.07 bits per heavy atom. The van der Waals surface area contributed by atoms with E-state index in [1.54, 1.807) is 6.20 Å². The Morgan fingerprint density at radius 2 is 1.86 bits per heavy atom. The van der Waals surface area contributed by atoms with Crippen LogP contribution in [0.2, 0.25) is 0 Å². The van der Waals surface area contributed by atoms with E-state index in [4.69, 9.17) is 5.73 Å². The first-order chi connectivity index (χ1) is 6.77. The summed E-state index contributed by atoms with van der Waals surface area (Å²) in [4.78, 5) is 4.16. The van der Waals surface area contributed by atoms with E-state index in [-0.39, 0.29) is 0 Å². The first-order valence-corrected chi connectivity index (χ1v) is 5.03. The summed E-state index contributed by atoms with van der Waals surface area (Å²) < 4.78 is 0.829. The Morgan fingerprint density at radius 3 is 2.50 bits per heavy atom. The van der Waals surface area contributed by atoms with Crippen LogP contribution >= 0.6 is 15.9 Å². The highest BCUT2D eigenvalue weighted by Gasteiger charge is 2.00. The van der Waals surface area contributed by atoms with Crippen molar-refractivity contribution in [2.24, 2.45) is 0 Å². The lowest BCUT2D eigenvalue weighted by atomic mass is 10.1. The Hall–Kier alpha value is -1.35. The maximum absolute atomic E-state index is 5.85. The fourth-order valence-corrected chi connectivity index (χ4v) is 1.53. The van der Waals surface area contributed by atoms with Crippen molar-refractivity contribution in [3.05, 3.63) is 47.2 Å². The van der Waals surface area contributed by atoms with Crippen molar-refractivity contribution in [3.8, 4) is 11.1 Å². The number of nitrogen functional groups attached to an aromatic ring is 1. The number of pyridine rings is 1. The molecular weight excluding hydrogens is 240 g/mol. The Labute approximate surface area is 90.9 Å². The summed E-state index contributed by atoms with van der Waals surface area (Å²) in [6, 6.07) is 11.7. The third kappa shape index (κ3) is 1.77. The van der Waals surface area contributed by atoms with Crippen molar-refractivity contribution in [1.82, 2.24) is 4.98 Å². The first kappa shape index (κ1) is 9.21. The van der Waals surface area contributed by atoms with Crippen LogP contribution in [-0.2, 0) is 0 Å². The second-order valence-electron chi connectivity index (χ2n) is 2.96. The number of rotatable bonds is 1. The van der Waals surface area contributed by atoms with Gasteiger partial charge in [-0.25, -0.2) is 4.98 Å². The molecule has 14 heavy (non-hydrogen) atoms. The van der Waals surface area contributed by atoms with Crippen molar-refractivity contribution in [2.45, 2.75) is 0 Å². The number of anilines is 1. The normalized spacial score (nSPS) is 10.1. The van der Waals surface area contributed by atoms with Gasteiger partial charge in [-0.2, -0.15) is 0 Å². The lowest BCUT2D eigenvalue weighted by Gasteiger charge is -2.04. The van der Waals surface area contributed by atoms with Gasteiger partial charge in [0, 0.05) is 23.0 Å². The minimum absolute atomic E-state index is 0.775. The topological polar surface area (TPSA) is 38.9 Å². The van der Waals surface area contributed by atoms with Crippen LogP contribution in [0.4, 0.5) is 5.69 Å². The summed E-state index contributed by atoms with van der Waals surface area (Å²) in [5.41, 5.74) is 8.68. The molecule has 0 atom stereocenters. The monoisotopic (exact) mass is 248 g/mol. The standard InChI is InChI=1S/C11H9BrN2/c12-11-6-5-8(7-14-11)9-3-1-2-4-10(9)13/h1-7H,13H2. The molecular formula is C11H9BrN2. The molecule has 0 radical (unpaired) electrons. The van der Waals surface area contributed by atoms with Crippen LogP contribution in [0.1, 0.15) is 0 Å². The van der Waals surface area contributed by atoms with Gasteiger partial charge in [0.25, 0.3) is 0 Å². The number of aromatic nitrogens is 1. The molecule has 0 spiro atoms. The first-order valence-electron chi connectivity index (χ1n) is 4.24. The van der Waals surface area contributed by atoms with Crippen LogP contribution in [-0.4, -0.2) is 4.98 Å². The molecule has 3 heteroatoms. The quantitative estimate of drug-likeness (QED) is 0.623. The molecule has 2 rings (SSSR count). The van der Waals surface area contributed by atoms with E-state index in [1.807, 2.05) is 36.4 Å². The second-order valence-corrected chi connectivity index (χ2v) is 3.77. The van der Waals surface area contributed by atoms with Gasteiger partial charge in [-0.15, -0.1) is 0 Å². The van der Waals surface area contributed by atoms with E-state index in [9.17, 15) is 0 Å². The lowest BCUT2D eigenvalue weighted by molar-refractivity contribution is 1.28. The minimum atomic E-state index is 0.775. The molecule has 70 valence electrons. The molecule has 0 aliphatic rings. The molecule has 2 nitrogen and oxygen atoms in total. The van der Waals surface area contributed by atoms with E-state index < -0.39 is 0 Å². The molecule has 2 N–H and O–H groups in total. The molecule has 1 aromatic heterocycles. The molecule has 0 aliphatic carbocycles. The summed E-state index contributed by atoms with van der Waals surface area (Å²) >= 11 is 3.29. The molecule has 0 bridgehead atoms. The van der Waals surface area contributed by atoms with Gasteiger partial charge in [0.2, 0.25) is 0 Å². The minimum Gasteiger partial charge on any atom is -0.398 e. The van der Waals surface area contributed by atoms with Gasteiger partial charge >= 0.3 is 0 Å². The largest absolute Gasteiger partial charge is 0.398 e. The Balaban J connectivity index is 2.50. The van der Waals surface area contributed by atoms with Crippen LogP contribution in [0.15, 0.2) is 47.2 Å². The predicted octanol–water partition coefficient (Wildman–Crippen LogP) is 3.09. The molecule has 0 fully saturated rings. The van der Waals surface area contributed by atoms with Crippen molar-refractivity contribution < 1.29 is 0 Å². The smallest absolute Gasteiger partial charge is 0.106 e. The third-order valence-electron chi connectivity index (χ3n) is 2.00. The maximum Gasteiger partial charge on any atom is 0.106 e. The summed E-state index contributed by atoms with van der Waals surface area (Å²) in [7, 11) is 0. The summed E-state index contributed by atoms with van der Waals surface area (Å²) in [6.45, 7) is 0. The van der Waals surface area contributed by atoms with Gasteiger partial charge in [-0.3, -0.25) is 0 Å². The van der Waals surface area contributed by atoms with Crippen molar-refractivity contribution in [3.63, 3.8) is 0 Å². The fraction of sp³-hybridized carbons (Fsp3) is 0. The highest BCUT2D eigenvalue weighted by atomic mass is 79.9. The number of halogens is 1. The zero-order chi connectivity index (χ0) is 9.97. The number of para-hydroxylation sites is 1. The molecule has 0 saturated carbocycles. The lowest BCUT2D eigenvalue weighted by Crippen LogP contribution is -1.89. The fourth-order valence-electron chi connectivity index (χ4n) is 1.30. The molecule has 2 aromatic rings. The van der Waals surface area contributed by atoms with Crippen molar-refractivity contribution >= 4 is 21.6 Å². The highest BCUT2D eigenvalue weighted by molar-refractivity contribution is 9.10. The van der Waals surface area contributed by atoms with Crippen molar-refractivity contribution in [2.75, 3.05) is 5.73 Å². The SMILES string of the molecule is Nc1ccccc1-c1ccc(Br)nc1. The van der Waals surface area contributed by atoms with Crippen molar-refractivity contribution in [1.29, 1.82) is 0 Å². The average molecular weight is 249 g/mol. The summed E-state index contributed by atoms with van der Waals surface area (Å²) in [5.74, 6) is 0. The molecule has 0 saturated heterocycles. The van der Waals surface area contributed by atoms with Crippen LogP contribution < -0.4 is 5.73 Å². The third-order valence-corrected chi connectivity index (χ3v) is 2.47. The molecule has 1 aromatic carbocycles. The zero-order valence-corrected chi connectivity index (χ0v) is 9.03. The number of nitrogens with zero attached hydrogens (tertiary/aromatic N) is 1. The Bertz CT molecular complexity index is 437. The molecule has 0 amide bonds. The van der Waals surface area contributed by atoms with E-state index in [0.717, 1.165) is 21.4 Å². The second kappa shape index (κ2) is 3.80. The highest BCUT2D eigenvalue weighted by Crippen LogP contribution is 2.25. The molecule has 1 heterocycles. The van der Waals surface area contributed by atoms with Gasteiger partial charge in [0.05, 0.1) is 0 Å². The van der Waals surface area contributed by atoms with Gasteiger partial charge in [0.1, 0.15) is 4.60 Å². The van der Waals surface area contributed by atoms with Gasteiger partial charge in [-0.1, -0.05) is 24.3 Å². The Kier molecular flexibility index (Phi) is 2.50. The maximum atomic E-state index is 5.85. The van der Waals surface area contributed by atoms with E-state index >= 15 is 0 Å². The average Bonchev–Trinajstić information content (AvgIpc) is 2.20. The van der Waals surface area contributed by atoms with Crippen LogP contribution in [0.25, 0.3) is 11.1 Å². The van der Waals surface area contributed by atoms with E-state index in [2.05, 4.69) is 20.9 Å². The summed E-state index contributed by atoms with van der Waals surface area (Å²) in [5, 5.41) is 0. The van der Waals surface area contributed by atoms with Crippen LogP contribution in [0.3, 0.4) is 0 Å². The number of hydrogen-bond acceptors (Lipinski definition) is 2. The molecule has 0 aliphatic heterocycles. The van der Waals surface area contributed by atoms with E-state index in [0.29, 0.717) is 0 Å². The number of benzene rings is 1. The van der Waals surface area contributed by atoms with Gasteiger partial charge < -0.3 is 5.73 Å². The van der Waals surface area contributed by atoms with Crippen LogP contribution in [0, 0.1) is 0 Å². The van der Waals surface area contributed by atoms with Crippen LogP contribution in [0.5, 0.6) is 0 Å². The predicted molar refractivity (Wildman–Crippen MR) is 61.8 cm³/mol. The molecule has 0 unspecified atom stereocenters. The van der Waals surface area contributed by atoms with E-state index in [1.165, 1.54) is 0 Å². The zero-order valence-electron chi connectivity index (χ0n) is 7.44. The van der Waals surface area contributed by atoms with Gasteiger partial charge in [-0.05, 0) is 28.1 Å². The van der Waals surface area contributed by atoms with Gasteiger partial charge in [0.15, 0.2) is 0 Å². The number of hydrogen-bond donors (Lipinski definition) is 1.